The Morgan fingerprint density at radius 1 is 1.33 bits per heavy atom. The fourth-order valence-electron chi connectivity index (χ4n) is 1.82. The van der Waals surface area contributed by atoms with Gasteiger partial charge in [-0.15, -0.1) is 0 Å². The largest absolute Gasteiger partial charge is 0.385 e. The molecule has 0 aliphatic rings. The van der Waals surface area contributed by atoms with Crippen LogP contribution < -0.4 is 0 Å². The normalized spacial score (nSPS) is 14.9. The lowest BCUT2D eigenvalue weighted by molar-refractivity contribution is -0.0610. The van der Waals surface area contributed by atoms with Crippen molar-refractivity contribution in [3.8, 4) is 0 Å². The summed E-state index contributed by atoms with van der Waals surface area (Å²) in [6, 6.07) is 2.39. The zero-order valence-electron chi connectivity index (χ0n) is 10.6. The summed E-state index contributed by atoms with van der Waals surface area (Å²) in [5.41, 5.74) is -0.350. The van der Waals surface area contributed by atoms with Crippen LogP contribution in [-0.4, -0.2) is 17.8 Å². The molecule has 1 rings (SSSR count). The van der Waals surface area contributed by atoms with Gasteiger partial charge in [-0.3, -0.25) is 0 Å². The Labute approximate surface area is 114 Å². The Bertz CT molecular complexity index is 410. The zero-order chi connectivity index (χ0) is 13.9. The molecule has 0 aliphatic carbocycles. The van der Waals surface area contributed by atoms with Gasteiger partial charge in [0.05, 0.1) is 16.1 Å². The van der Waals surface area contributed by atoms with Gasteiger partial charge < -0.3 is 9.84 Å². The van der Waals surface area contributed by atoms with Gasteiger partial charge in [0, 0.05) is 6.61 Å². The van der Waals surface area contributed by atoms with E-state index in [1.54, 1.807) is 6.92 Å². The number of aliphatic hydroxyl groups is 1. The third kappa shape index (κ3) is 3.28. The van der Waals surface area contributed by atoms with Gasteiger partial charge in [-0.1, -0.05) is 13.8 Å². The highest BCUT2D eigenvalue weighted by molar-refractivity contribution is 9.10. The van der Waals surface area contributed by atoms with Crippen LogP contribution in [0.4, 0.5) is 8.78 Å². The Balaban J connectivity index is 3.15. The molecule has 2 unspecified atom stereocenters. The average molecular weight is 323 g/mol. The molecule has 5 heteroatoms. The fraction of sp³-hybridized carbons (Fsp3) is 0.538. The standard InChI is InChI=1S/C13H17BrF2O2/c1-4-18-13(7(2)3)12(17)10-9(15)6-5-8(14)11(10)16/h5-7,12-13,17H,4H2,1-3H3. The molecule has 0 bridgehead atoms. The second-order valence-corrected chi connectivity index (χ2v) is 5.22. The first kappa shape index (κ1) is 15.5. The molecule has 0 aliphatic heterocycles. The molecule has 102 valence electrons. The number of halogens is 3. The third-order valence-electron chi connectivity index (χ3n) is 2.70. The van der Waals surface area contributed by atoms with Gasteiger partial charge in [-0.05, 0) is 40.9 Å². The molecule has 0 aromatic heterocycles. The number of benzene rings is 1. The van der Waals surface area contributed by atoms with Crippen molar-refractivity contribution in [1.82, 2.24) is 0 Å². The highest BCUT2D eigenvalue weighted by Crippen LogP contribution is 2.31. The van der Waals surface area contributed by atoms with Crippen LogP contribution in [0.5, 0.6) is 0 Å². The second-order valence-electron chi connectivity index (χ2n) is 4.37. The van der Waals surface area contributed by atoms with E-state index in [4.69, 9.17) is 4.74 Å². The summed E-state index contributed by atoms with van der Waals surface area (Å²) in [5.74, 6) is -1.61. The first-order chi connectivity index (χ1) is 8.40. The van der Waals surface area contributed by atoms with Crippen molar-refractivity contribution in [2.24, 2.45) is 5.92 Å². The van der Waals surface area contributed by atoms with Gasteiger partial charge in [0.15, 0.2) is 0 Å². The van der Waals surface area contributed by atoms with E-state index in [0.717, 1.165) is 6.07 Å². The molecule has 18 heavy (non-hydrogen) atoms. The maximum absolute atomic E-state index is 13.9. The van der Waals surface area contributed by atoms with E-state index in [0.29, 0.717) is 6.61 Å². The molecular weight excluding hydrogens is 306 g/mol. The molecule has 0 fully saturated rings. The second kappa shape index (κ2) is 6.59. The first-order valence-electron chi connectivity index (χ1n) is 5.83. The van der Waals surface area contributed by atoms with E-state index >= 15 is 0 Å². The van der Waals surface area contributed by atoms with E-state index in [-0.39, 0.29) is 16.0 Å². The monoisotopic (exact) mass is 322 g/mol. The van der Waals surface area contributed by atoms with Crippen molar-refractivity contribution in [3.63, 3.8) is 0 Å². The maximum atomic E-state index is 13.9. The number of aliphatic hydroxyl groups excluding tert-OH is 1. The van der Waals surface area contributed by atoms with Crippen LogP contribution in [0.3, 0.4) is 0 Å². The Morgan fingerprint density at radius 3 is 2.44 bits per heavy atom. The summed E-state index contributed by atoms with van der Waals surface area (Å²) in [6.45, 7) is 5.81. The van der Waals surface area contributed by atoms with Gasteiger partial charge >= 0.3 is 0 Å². The molecule has 1 aromatic rings. The van der Waals surface area contributed by atoms with Crippen molar-refractivity contribution in [2.75, 3.05) is 6.61 Å². The molecular formula is C13H17BrF2O2. The molecule has 0 radical (unpaired) electrons. The lowest BCUT2D eigenvalue weighted by Crippen LogP contribution is -2.29. The van der Waals surface area contributed by atoms with E-state index in [2.05, 4.69) is 15.9 Å². The minimum absolute atomic E-state index is 0.0577. The topological polar surface area (TPSA) is 29.5 Å². The predicted octanol–water partition coefficient (Wildman–Crippen LogP) is 3.82. The van der Waals surface area contributed by atoms with Crippen LogP contribution in [0.25, 0.3) is 0 Å². The summed E-state index contributed by atoms with van der Waals surface area (Å²) in [4.78, 5) is 0. The number of ether oxygens (including phenoxy) is 1. The van der Waals surface area contributed by atoms with E-state index < -0.39 is 23.8 Å². The molecule has 0 spiro atoms. The third-order valence-corrected chi connectivity index (χ3v) is 3.32. The molecule has 2 atom stereocenters. The van der Waals surface area contributed by atoms with Crippen LogP contribution in [0.1, 0.15) is 32.4 Å². The Kier molecular flexibility index (Phi) is 5.69. The number of rotatable bonds is 5. The summed E-state index contributed by atoms with van der Waals surface area (Å²) >= 11 is 2.98. The van der Waals surface area contributed by atoms with Gasteiger partial charge in [0.1, 0.15) is 17.7 Å². The molecule has 1 N–H and O–H groups in total. The van der Waals surface area contributed by atoms with Gasteiger partial charge in [-0.2, -0.15) is 0 Å². The van der Waals surface area contributed by atoms with Crippen LogP contribution in [0.15, 0.2) is 16.6 Å². The summed E-state index contributed by atoms with van der Waals surface area (Å²) in [5, 5.41) is 10.1. The van der Waals surface area contributed by atoms with E-state index in [9.17, 15) is 13.9 Å². The lowest BCUT2D eigenvalue weighted by atomic mass is 9.95. The van der Waals surface area contributed by atoms with E-state index in [1.807, 2.05) is 13.8 Å². The zero-order valence-corrected chi connectivity index (χ0v) is 12.2. The average Bonchev–Trinajstić information content (AvgIpc) is 2.30. The Hall–Kier alpha value is -0.520. The summed E-state index contributed by atoms with van der Waals surface area (Å²) in [6.07, 6.45) is -1.98. The summed E-state index contributed by atoms with van der Waals surface area (Å²) in [7, 11) is 0. The minimum Gasteiger partial charge on any atom is -0.385 e. The SMILES string of the molecule is CCOC(C(C)C)C(O)c1c(F)ccc(Br)c1F. The quantitative estimate of drug-likeness (QED) is 0.835. The van der Waals surface area contributed by atoms with E-state index in [1.165, 1.54) is 6.07 Å². The van der Waals surface area contributed by atoms with Gasteiger partial charge in [0.25, 0.3) is 0 Å². The van der Waals surface area contributed by atoms with Crippen LogP contribution in [0.2, 0.25) is 0 Å². The van der Waals surface area contributed by atoms with Crippen LogP contribution >= 0.6 is 15.9 Å². The minimum atomic E-state index is -1.33. The molecule has 0 saturated carbocycles. The molecule has 0 saturated heterocycles. The van der Waals surface area contributed by atoms with Gasteiger partial charge in [-0.25, -0.2) is 8.78 Å². The highest BCUT2D eigenvalue weighted by atomic mass is 79.9. The number of hydrogen-bond donors (Lipinski definition) is 1. The molecule has 2 nitrogen and oxygen atoms in total. The highest BCUT2D eigenvalue weighted by Gasteiger charge is 2.30. The van der Waals surface area contributed by atoms with Crippen molar-refractivity contribution in [3.05, 3.63) is 33.8 Å². The van der Waals surface area contributed by atoms with Crippen molar-refractivity contribution in [1.29, 1.82) is 0 Å². The molecule has 1 aromatic carbocycles. The van der Waals surface area contributed by atoms with Crippen LogP contribution in [0, 0.1) is 17.6 Å². The smallest absolute Gasteiger partial charge is 0.146 e. The number of hydrogen-bond acceptors (Lipinski definition) is 2. The van der Waals surface area contributed by atoms with Crippen molar-refractivity contribution in [2.45, 2.75) is 33.0 Å². The Morgan fingerprint density at radius 2 is 1.94 bits per heavy atom. The maximum Gasteiger partial charge on any atom is 0.146 e. The lowest BCUT2D eigenvalue weighted by Gasteiger charge is -2.27. The van der Waals surface area contributed by atoms with Crippen LogP contribution in [-0.2, 0) is 4.74 Å². The molecule has 0 heterocycles. The van der Waals surface area contributed by atoms with Crippen molar-refractivity contribution >= 4 is 15.9 Å². The molecule has 0 amide bonds. The summed E-state index contributed by atoms with van der Waals surface area (Å²) < 4.78 is 33.0. The van der Waals surface area contributed by atoms with Gasteiger partial charge in [0.2, 0.25) is 0 Å². The first-order valence-corrected chi connectivity index (χ1v) is 6.62. The fourth-order valence-corrected chi connectivity index (χ4v) is 2.16. The van der Waals surface area contributed by atoms with Crippen molar-refractivity contribution < 1.29 is 18.6 Å². The predicted molar refractivity (Wildman–Crippen MR) is 69.3 cm³/mol.